The molecular formula is C17H16ClF2N3O2. The van der Waals surface area contributed by atoms with Crippen LogP contribution in [0.25, 0.3) is 0 Å². The van der Waals surface area contributed by atoms with E-state index in [0.29, 0.717) is 22.8 Å². The van der Waals surface area contributed by atoms with Gasteiger partial charge in [0.05, 0.1) is 6.04 Å². The van der Waals surface area contributed by atoms with Crippen LogP contribution in [-0.4, -0.2) is 33.8 Å². The molecule has 0 aromatic carbocycles. The second-order valence-corrected chi connectivity index (χ2v) is 6.20. The van der Waals surface area contributed by atoms with Crippen LogP contribution >= 0.6 is 11.6 Å². The maximum absolute atomic E-state index is 12.6. The molecule has 0 spiro atoms. The number of aryl methyl sites for hydroxylation is 1. The maximum Gasteiger partial charge on any atom is 0.272 e. The van der Waals surface area contributed by atoms with Crippen LogP contribution in [0.15, 0.2) is 24.5 Å². The number of hydrogen-bond acceptors (Lipinski definition) is 4. The van der Waals surface area contributed by atoms with Gasteiger partial charge in [0.25, 0.3) is 12.3 Å². The summed E-state index contributed by atoms with van der Waals surface area (Å²) in [6, 6.07) is 3.22. The van der Waals surface area contributed by atoms with E-state index in [0.717, 1.165) is 11.1 Å². The van der Waals surface area contributed by atoms with Crippen LogP contribution < -0.4 is 4.74 Å². The minimum Gasteiger partial charge on any atom is -0.471 e. The third-order valence-electron chi connectivity index (χ3n) is 4.10. The molecule has 0 saturated carbocycles. The largest absolute Gasteiger partial charge is 0.471 e. The van der Waals surface area contributed by atoms with Crippen LogP contribution in [0.1, 0.15) is 40.0 Å². The van der Waals surface area contributed by atoms with E-state index in [1.165, 1.54) is 12.4 Å². The Kier molecular flexibility index (Phi) is 4.85. The number of nitrogens with zero attached hydrogens (tertiary/aromatic N) is 3. The van der Waals surface area contributed by atoms with Crippen LogP contribution in [0.3, 0.4) is 0 Å². The van der Waals surface area contributed by atoms with Gasteiger partial charge >= 0.3 is 0 Å². The minimum atomic E-state index is -2.55. The highest BCUT2D eigenvalue weighted by molar-refractivity contribution is 6.31. The van der Waals surface area contributed by atoms with E-state index in [1.807, 2.05) is 6.92 Å². The molecule has 1 atom stereocenters. The molecule has 0 radical (unpaired) electrons. The van der Waals surface area contributed by atoms with E-state index >= 15 is 0 Å². The Hall–Kier alpha value is -2.28. The average molecular weight is 368 g/mol. The topological polar surface area (TPSA) is 55.3 Å². The van der Waals surface area contributed by atoms with E-state index < -0.39 is 13.0 Å². The van der Waals surface area contributed by atoms with E-state index in [1.54, 1.807) is 24.0 Å². The highest BCUT2D eigenvalue weighted by Gasteiger charge is 2.36. The Morgan fingerprint density at radius 3 is 2.80 bits per heavy atom. The summed E-state index contributed by atoms with van der Waals surface area (Å²) in [4.78, 5) is 22.4. The van der Waals surface area contributed by atoms with Gasteiger partial charge < -0.3 is 9.64 Å². The number of hydrogen-bond donors (Lipinski definition) is 0. The average Bonchev–Trinajstić information content (AvgIpc) is 2.80. The van der Waals surface area contributed by atoms with Crippen molar-refractivity contribution in [2.75, 3.05) is 6.61 Å². The quantitative estimate of drug-likeness (QED) is 0.754. The van der Waals surface area contributed by atoms with E-state index in [4.69, 9.17) is 16.3 Å². The van der Waals surface area contributed by atoms with Crippen molar-refractivity contribution in [2.45, 2.75) is 32.9 Å². The van der Waals surface area contributed by atoms with Crippen molar-refractivity contribution in [1.82, 2.24) is 14.9 Å². The summed E-state index contributed by atoms with van der Waals surface area (Å²) >= 11 is 6.12. The Balaban J connectivity index is 1.78. The molecule has 0 fully saturated rings. The molecule has 0 saturated heterocycles. The first-order chi connectivity index (χ1) is 11.9. The van der Waals surface area contributed by atoms with Crippen molar-refractivity contribution in [3.05, 3.63) is 51.9 Å². The highest BCUT2D eigenvalue weighted by Crippen LogP contribution is 2.37. The van der Waals surface area contributed by atoms with Gasteiger partial charge in [0, 0.05) is 35.6 Å². The second kappa shape index (κ2) is 6.92. The maximum atomic E-state index is 12.6. The van der Waals surface area contributed by atoms with Crippen LogP contribution in [0.2, 0.25) is 5.15 Å². The third kappa shape index (κ3) is 3.42. The summed E-state index contributed by atoms with van der Waals surface area (Å²) in [5, 5.41) is 0.325. The SMILES string of the molecule is Cc1cc(CN2C(=O)c3ccnc(Cl)c3C2C)cnc1OCC(F)F. The molecule has 5 nitrogen and oxygen atoms in total. The number of fused-ring (bicyclic) bond motifs is 1. The Morgan fingerprint density at radius 2 is 2.16 bits per heavy atom. The zero-order chi connectivity index (χ0) is 18.1. The first-order valence-electron chi connectivity index (χ1n) is 7.70. The molecule has 1 amide bonds. The van der Waals surface area contributed by atoms with Gasteiger partial charge in [-0.2, -0.15) is 0 Å². The smallest absolute Gasteiger partial charge is 0.272 e. The molecular weight excluding hydrogens is 352 g/mol. The van der Waals surface area contributed by atoms with Crippen molar-refractivity contribution in [1.29, 1.82) is 0 Å². The number of rotatable bonds is 5. The summed E-state index contributed by atoms with van der Waals surface area (Å²) in [6.45, 7) is 3.24. The lowest BCUT2D eigenvalue weighted by atomic mass is 10.1. The fraction of sp³-hybridized carbons (Fsp3) is 0.353. The van der Waals surface area contributed by atoms with E-state index in [-0.39, 0.29) is 17.8 Å². The van der Waals surface area contributed by atoms with Crippen LogP contribution in [0, 0.1) is 6.92 Å². The van der Waals surface area contributed by atoms with Gasteiger partial charge in [-0.25, -0.2) is 18.7 Å². The molecule has 1 aliphatic heterocycles. The van der Waals surface area contributed by atoms with E-state index in [2.05, 4.69) is 9.97 Å². The van der Waals surface area contributed by atoms with Gasteiger partial charge in [0.2, 0.25) is 5.88 Å². The van der Waals surface area contributed by atoms with Gasteiger partial charge in [-0.05, 0) is 31.5 Å². The zero-order valence-electron chi connectivity index (χ0n) is 13.7. The number of amides is 1. The molecule has 3 rings (SSSR count). The predicted molar refractivity (Wildman–Crippen MR) is 88.0 cm³/mol. The fourth-order valence-corrected chi connectivity index (χ4v) is 3.24. The fourth-order valence-electron chi connectivity index (χ4n) is 2.92. The number of pyridine rings is 2. The van der Waals surface area contributed by atoms with Crippen molar-refractivity contribution < 1.29 is 18.3 Å². The Morgan fingerprint density at radius 1 is 1.40 bits per heavy atom. The summed E-state index contributed by atoms with van der Waals surface area (Å²) in [5.74, 6) is 0.0443. The normalized spacial score (nSPS) is 16.5. The van der Waals surface area contributed by atoms with Gasteiger partial charge in [-0.3, -0.25) is 4.79 Å². The highest BCUT2D eigenvalue weighted by atomic mass is 35.5. The van der Waals surface area contributed by atoms with Crippen LogP contribution in [0.5, 0.6) is 5.88 Å². The van der Waals surface area contributed by atoms with Crippen molar-refractivity contribution in [3.63, 3.8) is 0 Å². The molecule has 0 aliphatic carbocycles. The first kappa shape index (κ1) is 17.5. The molecule has 3 heterocycles. The Bertz CT molecular complexity index is 816. The molecule has 25 heavy (non-hydrogen) atoms. The molecule has 2 aromatic heterocycles. The van der Waals surface area contributed by atoms with Gasteiger partial charge in [-0.1, -0.05) is 11.6 Å². The number of alkyl halides is 2. The monoisotopic (exact) mass is 367 g/mol. The summed E-state index contributed by atoms with van der Waals surface area (Å²) in [6.07, 6.45) is 0.480. The number of halogens is 3. The van der Waals surface area contributed by atoms with Gasteiger partial charge in [0.15, 0.2) is 6.61 Å². The molecule has 132 valence electrons. The lowest BCUT2D eigenvalue weighted by Gasteiger charge is -2.22. The van der Waals surface area contributed by atoms with Crippen molar-refractivity contribution >= 4 is 17.5 Å². The zero-order valence-corrected chi connectivity index (χ0v) is 14.4. The van der Waals surface area contributed by atoms with Crippen LogP contribution in [-0.2, 0) is 6.54 Å². The Labute approximate surface area is 148 Å². The predicted octanol–water partition coefficient (Wildman–Crippen LogP) is 3.80. The van der Waals surface area contributed by atoms with Crippen molar-refractivity contribution in [2.24, 2.45) is 0 Å². The third-order valence-corrected chi connectivity index (χ3v) is 4.41. The van der Waals surface area contributed by atoms with Crippen molar-refractivity contribution in [3.8, 4) is 5.88 Å². The summed E-state index contributed by atoms with van der Waals surface area (Å²) in [5.41, 5.74) is 2.68. The second-order valence-electron chi connectivity index (χ2n) is 5.84. The summed E-state index contributed by atoms with van der Waals surface area (Å²) in [7, 11) is 0. The molecule has 8 heteroatoms. The number of ether oxygens (including phenoxy) is 1. The lowest BCUT2D eigenvalue weighted by molar-refractivity contribution is 0.0721. The molecule has 1 unspecified atom stereocenters. The number of carbonyl (C=O) groups excluding carboxylic acids is 1. The summed E-state index contributed by atoms with van der Waals surface area (Å²) < 4.78 is 29.4. The standard InChI is InChI=1S/C17H16ClF2N3O2/c1-9-5-11(6-22-16(9)25-8-13(19)20)7-23-10(2)14-12(17(23)24)3-4-21-15(14)18/h3-6,10,13H,7-8H2,1-2H3. The lowest BCUT2D eigenvalue weighted by Crippen LogP contribution is -2.26. The van der Waals surface area contributed by atoms with Gasteiger partial charge in [0.1, 0.15) is 5.15 Å². The molecule has 1 aliphatic rings. The van der Waals surface area contributed by atoms with Gasteiger partial charge in [-0.15, -0.1) is 0 Å². The first-order valence-corrected chi connectivity index (χ1v) is 8.08. The molecule has 2 aromatic rings. The molecule has 0 N–H and O–H groups in total. The van der Waals surface area contributed by atoms with Crippen LogP contribution in [0.4, 0.5) is 8.78 Å². The number of carbonyl (C=O) groups is 1. The number of aromatic nitrogens is 2. The minimum absolute atomic E-state index is 0.123. The molecule has 0 bridgehead atoms. The van der Waals surface area contributed by atoms with E-state index in [9.17, 15) is 13.6 Å².